The van der Waals surface area contributed by atoms with Crippen molar-refractivity contribution in [3.8, 4) is 0 Å². The number of rotatable bonds is 4. The van der Waals surface area contributed by atoms with Crippen LogP contribution in [0.5, 0.6) is 0 Å². The van der Waals surface area contributed by atoms with Crippen molar-refractivity contribution in [3.63, 3.8) is 0 Å². The largest absolute Gasteiger partial charge is 0.309 e. The lowest BCUT2D eigenvalue weighted by molar-refractivity contribution is -0.118. The van der Waals surface area contributed by atoms with Crippen molar-refractivity contribution >= 4 is 21.4 Å². The highest BCUT2D eigenvalue weighted by atomic mass is 32.2. The predicted molar refractivity (Wildman–Crippen MR) is 76.0 cm³/mol. The molecule has 116 valence electrons. The first-order chi connectivity index (χ1) is 9.79. The summed E-state index contributed by atoms with van der Waals surface area (Å²) in [5, 5.41) is 0. The number of carbonyl (C=O) groups is 1. The topological polar surface area (TPSA) is 54.5 Å². The third-order valence-corrected chi connectivity index (χ3v) is 4.49. The number of sulfone groups is 1. The van der Waals surface area contributed by atoms with Crippen LogP contribution in [0.15, 0.2) is 12.1 Å². The molecule has 0 radical (unpaired) electrons. The molecule has 0 N–H and O–H groups in total. The quantitative estimate of drug-likeness (QED) is 0.854. The summed E-state index contributed by atoms with van der Waals surface area (Å²) in [6.07, 6.45) is 2.24. The zero-order chi connectivity index (χ0) is 15.6. The van der Waals surface area contributed by atoms with E-state index in [0.717, 1.165) is 18.4 Å². The van der Waals surface area contributed by atoms with Gasteiger partial charge in [0.2, 0.25) is 5.91 Å². The van der Waals surface area contributed by atoms with Crippen LogP contribution in [0.2, 0.25) is 0 Å². The molecule has 1 heterocycles. The van der Waals surface area contributed by atoms with E-state index >= 15 is 0 Å². The summed E-state index contributed by atoms with van der Waals surface area (Å²) in [7, 11) is -3.13. The smallest absolute Gasteiger partial charge is 0.227 e. The Morgan fingerprint density at radius 1 is 1.29 bits per heavy atom. The summed E-state index contributed by atoms with van der Waals surface area (Å²) in [5.74, 6) is -1.60. The van der Waals surface area contributed by atoms with Crippen LogP contribution < -0.4 is 4.90 Å². The molecular formula is C14H17F2NO3S. The van der Waals surface area contributed by atoms with Gasteiger partial charge in [-0.2, -0.15) is 0 Å². The van der Waals surface area contributed by atoms with E-state index in [-0.39, 0.29) is 35.8 Å². The summed E-state index contributed by atoms with van der Waals surface area (Å²) in [6.45, 7) is 0.324. The van der Waals surface area contributed by atoms with E-state index in [1.165, 1.54) is 4.90 Å². The molecule has 0 bridgehead atoms. The molecule has 0 spiro atoms. The van der Waals surface area contributed by atoms with Crippen LogP contribution in [0.1, 0.15) is 24.8 Å². The molecule has 1 aliphatic rings. The van der Waals surface area contributed by atoms with Crippen molar-refractivity contribution in [2.75, 3.05) is 23.5 Å². The fourth-order valence-electron chi connectivity index (χ4n) is 2.51. The van der Waals surface area contributed by atoms with Gasteiger partial charge in [-0.15, -0.1) is 0 Å². The van der Waals surface area contributed by atoms with Gasteiger partial charge >= 0.3 is 0 Å². The number of fused-ring (bicyclic) bond motifs is 1. The molecule has 0 fully saturated rings. The number of nitrogens with zero attached hydrogens (tertiary/aromatic N) is 1. The Morgan fingerprint density at radius 2 is 1.95 bits per heavy atom. The number of halogens is 2. The van der Waals surface area contributed by atoms with Crippen molar-refractivity contribution in [1.29, 1.82) is 0 Å². The van der Waals surface area contributed by atoms with Gasteiger partial charge in [0, 0.05) is 24.8 Å². The van der Waals surface area contributed by atoms with E-state index in [0.29, 0.717) is 19.4 Å². The number of carbonyl (C=O) groups excluding carboxylic acids is 1. The molecule has 2 rings (SSSR count). The van der Waals surface area contributed by atoms with Gasteiger partial charge in [0.15, 0.2) is 0 Å². The van der Waals surface area contributed by atoms with E-state index in [1.54, 1.807) is 0 Å². The minimum absolute atomic E-state index is 0.00244. The molecule has 0 aromatic heterocycles. The van der Waals surface area contributed by atoms with Gasteiger partial charge in [-0.25, -0.2) is 17.2 Å². The van der Waals surface area contributed by atoms with Crippen LogP contribution in [0.25, 0.3) is 0 Å². The van der Waals surface area contributed by atoms with E-state index < -0.39 is 21.5 Å². The minimum Gasteiger partial charge on any atom is -0.309 e. The monoisotopic (exact) mass is 317 g/mol. The van der Waals surface area contributed by atoms with E-state index in [4.69, 9.17) is 0 Å². The molecule has 4 nitrogen and oxygen atoms in total. The molecule has 1 amide bonds. The van der Waals surface area contributed by atoms with Crippen LogP contribution in [0.4, 0.5) is 14.5 Å². The molecule has 1 aliphatic heterocycles. The van der Waals surface area contributed by atoms with Gasteiger partial charge in [0.1, 0.15) is 21.5 Å². The van der Waals surface area contributed by atoms with Crippen LogP contribution in [0.3, 0.4) is 0 Å². The summed E-state index contributed by atoms with van der Waals surface area (Å²) < 4.78 is 49.7. The van der Waals surface area contributed by atoms with Gasteiger partial charge < -0.3 is 4.90 Å². The standard InChI is InChI=1S/C14H17F2NO3S/c1-21(19,20)9-3-5-13(18)17-8-2-4-10-11(15)6-7-12(16)14(10)17/h6-7H,2-5,8-9H2,1H3. The van der Waals surface area contributed by atoms with E-state index in [9.17, 15) is 22.0 Å². The maximum Gasteiger partial charge on any atom is 0.227 e. The first-order valence-corrected chi connectivity index (χ1v) is 8.80. The zero-order valence-corrected chi connectivity index (χ0v) is 12.5. The number of amides is 1. The van der Waals surface area contributed by atoms with Gasteiger partial charge in [0.25, 0.3) is 0 Å². The van der Waals surface area contributed by atoms with Gasteiger partial charge in [-0.1, -0.05) is 0 Å². The van der Waals surface area contributed by atoms with Crippen molar-refractivity contribution in [1.82, 2.24) is 0 Å². The van der Waals surface area contributed by atoms with Gasteiger partial charge in [-0.05, 0) is 31.4 Å². The van der Waals surface area contributed by atoms with Crippen LogP contribution in [-0.4, -0.2) is 32.9 Å². The zero-order valence-electron chi connectivity index (χ0n) is 11.7. The fourth-order valence-corrected chi connectivity index (χ4v) is 3.18. The number of hydrogen-bond donors (Lipinski definition) is 0. The molecule has 1 aromatic carbocycles. The average molecular weight is 317 g/mol. The molecule has 21 heavy (non-hydrogen) atoms. The lowest BCUT2D eigenvalue weighted by Crippen LogP contribution is -2.36. The number of hydrogen-bond acceptors (Lipinski definition) is 3. The normalized spacial score (nSPS) is 14.9. The molecule has 0 aliphatic carbocycles. The Kier molecular flexibility index (Phi) is 4.61. The van der Waals surface area contributed by atoms with Crippen molar-refractivity contribution in [2.24, 2.45) is 0 Å². The molecular weight excluding hydrogens is 300 g/mol. The lowest BCUT2D eigenvalue weighted by atomic mass is 10.00. The fraction of sp³-hybridized carbons (Fsp3) is 0.500. The second-order valence-corrected chi connectivity index (χ2v) is 7.50. The summed E-state index contributed by atoms with van der Waals surface area (Å²) in [6, 6.07) is 2.07. The van der Waals surface area contributed by atoms with E-state index in [1.807, 2.05) is 0 Å². The maximum atomic E-state index is 13.9. The van der Waals surface area contributed by atoms with Crippen LogP contribution in [0, 0.1) is 11.6 Å². The number of benzene rings is 1. The predicted octanol–water partition coefficient (Wildman–Crippen LogP) is 2.07. The third-order valence-electron chi connectivity index (χ3n) is 3.46. The molecule has 0 saturated heterocycles. The van der Waals surface area contributed by atoms with Crippen molar-refractivity contribution < 1.29 is 22.0 Å². The minimum atomic E-state index is -3.13. The first kappa shape index (κ1) is 15.9. The molecule has 0 saturated carbocycles. The molecule has 0 unspecified atom stereocenters. The summed E-state index contributed by atoms with van der Waals surface area (Å²) in [5.41, 5.74) is 0.225. The number of anilines is 1. The Morgan fingerprint density at radius 3 is 2.62 bits per heavy atom. The van der Waals surface area contributed by atoms with E-state index in [2.05, 4.69) is 0 Å². The third kappa shape index (κ3) is 3.78. The highest BCUT2D eigenvalue weighted by Gasteiger charge is 2.27. The second kappa shape index (κ2) is 6.09. The maximum absolute atomic E-state index is 13.9. The van der Waals surface area contributed by atoms with Gasteiger partial charge in [-0.3, -0.25) is 4.79 Å². The second-order valence-electron chi connectivity index (χ2n) is 5.24. The van der Waals surface area contributed by atoms with Crippen LogP contribution >= 0.6 is 0 Å². The highest BCUT2D eigenvalue weighted by molar-refractivity contribution is 7.90. The molecule has 0 atom stereocenters. The Labute approximate surface area is 122 Å². The Bertz CT molecular complexity index is 658. The van der Waals surface area contributed by atoms with Crippen LogP contribution in [-0.2, 0) is 21.1 Å². The lowest BCUT2D eigenvalue weighted by Gasteiger charge is -2.30. The SMILES string of the molecule is CS(=O)(=O)CCCC(=O)N1CCCc2c(F)ccc(F)c21. The Hall–Kier alpha value is -1.50. The Balaban J connectivity index is 2.16. The highest BCUT2D eigenvalue weighted by Crippen LogP contribution is 2.32. The first-order valence-electron chi connectivity index (χ1n) is 6.74. The molecule has 1 aromatic rings. The van der Waals surface area contributed by atoms with Crippen molar-refractivity contribution in [2.45, 2.75) is 25.7 Å². The summed E-state index contributed by atoms with van der Waals surface area (Å²) in [4.78, 5) is 13.4. The summed E-state index contributed by atoms with van der Waals surface area (Å²) >= 11 is 0. The van der Waals surface area contributed by atoms with Crippen molar-refractivity contribution in [3.05, 3.63) is 29.3 Å². The van der Waals surface area contributed by atoms with Gasteiger partial charge in [0.05, 0.1) is 11.4 Å². The average Bonchev–Trinajstić information content (AvgIpc) is 2.41. The molecule has 7 heteroatoms.